The molecule has 3 heteroatoms. The summed E-state index contributed by atoms with van der Waals surface area (Å²) >= 11 is 0. The Morgan fingerprint density at radius 3 is 2.00 bits per heavy atom. The molecule has 1 N–H and O–H groups in total. The van der Waals surface area contributed by atoms with Crippen molar-refractivity contribution in [1.82, 2.24) is 5.32 Å². The van der Waals surface area contributed by atoms with E-state index in [2.05, 4.69) is 17.4 Å². The predicted octanol–water partition coefficient (Wildman–Crippen LogP) is 4.75. The first kappa shape index (κ1) is 16.4. The number of ether oxygens (including phenoxy) is 1. The Bertz CT molecular complexity index is 856. The molecule has 1 aliphatic rings. The summed E-state index contributed by atoms with van der Waals surface area (Å²) in [6.07, 6.45) is 1.47. The average Bonchev–Trinajstić information content (AvgIpc) is 3.52. The van der Waals surface area contributed by atoms with E-state index in [0.29, 0.717) is 11.8 Å². The first-order valence-electron chi connectivity index (χ1n) is 8.97. The molecule has 0 unspecified atom stereocenters. The van der Waals surface area contributed by atoms with Gasteiger partial charge in [-0.15, -0.1) is 0 Å². The molecule has 0 spiro atoms. The van der Waals surface area contributed by atoms with Gasteiger partial charge in [0.1, 0.15) is 5.75 Å². The van der Waals surface area contributed by atoms with Crippen LogP contribution in [-0.2, 0) is 4.79 Å². The number of carbonyl (C=O) groups excluding carboxylic acids is 1. The molecule has 0 saturated heterocycles. The Morgan fingerprint density at radius 2 is 1.38 bits per heavy atom. The van der Waals surface area contributed by atoms with Gasteiger partial charge >= 0.3 is 0 Å². The summed E-state index contributed by atoms with van der Waals surface area (Å²) in [5.74, 6) is 0.607. The topological polar surface area (TPSA) is 38.3 Å². The Kier molecular flexibility index (Phi) is 4.69. The van der Waals surface area contributed by atoms with Crippen molar-refractivity contribution in [2.24, 2.45) is 0 Å². The number of benzene rings is 3. The molecule has 1 atom stereocenters. The maximum atomic E-state index is 12.7. The summed E-state index contributed by atoms with van der Waals surface area (Å²) in [5.41, 5.74) is 3.14. The quantitative estimate of drug-likeness (QED) is 0.701. The highest BCUT2D eigenvalue weighted by Gasteiger charge is 2.29. The molecule has 0 heterocycles. The van der Waals surface area contributed by atoms with Crippen molar-refractivity contribution in [3.8, 4) is 16.9 Å². The summed E-state index contributed by atoms with van der Waals surface area (Å²) in [6, 6.07) is 28.0. The molecule has 1 amide bonds. The van der Waals surface area contributed by atoms with Crippen LogP contribution < -0.4 is 10.1 Å². The average molecular weight is 343 g/mol. The number of carbonyl (C=O) groups is 1. The van der Waals surface area contributed by atoms with E-state index >= 15 is 0 Å². The van der Waals surface area contributed by atoms with Crippen LogP contribution in [0.1, 0.15) is 24.5 Å². The van der Waals surface area contributed by atoms with Crippen LogP contribution in [0, 0.1) is 0 Å². The Balaban J connectivity index is 1.54. The maximum Gasteiger partial charge on any atom is 0.266 e. The van der Waals surface area contributed by atoms with E-state index in [1.807, 2.05) is 72.8 Å². The fraction of sp³-hybridized carbons (Fsp3) is 0.174. The first-order chi connectivity index (χ1) is 12.8. The zero-order valence-electron chi connectivity index (χ0n) is 14.5. The van der Waals surface area contributed by atoms with E-state index in [-0.39, 0.29) is 5.91 Å². The van der Waals surface area contributed by atoms with Crippen molar-refractivity contribution in [2.45, 2.75) is 25.0 Å². The molecule has 1 fully saturated rings. The van der Waals surface area contributed by atoms with Gasteiger partial charge in [0, 0.05) is 11.6 Å². The van der Waals surface area contributed by atoms with Crippen LogP contribution in [0.15, 0.2) is 84.9 Å². The Hall–Kier alpha value is -3.07. The van der Waals surface area contributed by atoms with E-state index in [1.54, 1.807) is 0 Å². The van der Waals surface area contributed by atoms with Crippen molar-refractivity contribution in [1.29, 1.82) is 0 Å². The molecule has 4 rings (SSSR count). The van der Waals surface area contributed by atoms with Gasteiger partial charge in [-0.1, -0.05) is 72.8 Å². The summed E-state index contributed by atoms with van der Waals surface area (Å²) < 4.78 is 6.07. The zero-order valence-corrected chi connectivity index (χ0v) is 14.5. The molecule has 130 valence electrons. The second kappa shape index (κ2) is 7.44. The highest BCUT2D eigenvalue weighted by atomic mass is 16.5. The Labute approximate surface area is 153 Å². The lowest BCUT2D eigenvalue weighted by atomic mass is 10.1. The van der Waals surface area contributed by atoms with Crippen LogP contribution >= 0.6 is 0 Å². The van der Waals surface area contributed by atoms with Crippen LogP contribution in [-0.4, -0.2) is 11.9 Å². The summed E-state index contributed by atoms with van der Waals surface area (Å²) in [4.78, 5) is 12.7. The van der Waals surface area contributed by atoms with Crippen LogP contribution in [0.5, 0.6) is 5.75 Å². The molecule has 3 nitrogen and oxygen atoms in total. The van der Waals surface area contributed by atoms with Gasteiger partial charge in [-0.2, -0.15) is 0 Å². The van der Waals surface area contributed by atoms with Gasteiger partial charge in [-0.05, 0) is 36.1 Å². The third kappa shape index (κ3) is 3.94. The highest BCUT2D eigenvalue weighted by molar-refractivity contribution is 5.83. The molecule has 26 heavy (non-hydrogen) atoms. The number of amides is 1. The van der Waals surface area contributed by atoms with Gasteiger partial charge in [0.2, 0.25) is 6.10 Å². The molecule has 1 saturated carbocycles. The maximum absolute atomic E-state index is 12.7. The van der Waals surface area contributed by atoms with E-state index in [1.165, 1.54) is 0 Å². The van der Waals surface area contributed by atoms with Crippen molar-refractivity contribution < 1.29 is 9.53 Å². The molecule has 3 aromatic rings. The van der Waals surface area contributed by atoms with Gasteiger partial charge in [-0.25, -0.2) is 0 Å². The van der Waals surface area contributed by atoms with Gasteiger partial charge in [0.25, 0.3) is 5.91 Å². The van der Waals surface area contributed by atoms with Gasteiger partial charge in [0.05, 0.1) is 0 Å². The number of rotatable bonds is 6. The molecular formula is C23H21NO2. The first-order valence-corrected chi connectivity index (χ1v) is 8.97. The molecule has 0 aliphatic heterocycles. The van der Waals surface area contributed by atoms with Crippen molar-refractivity contribution in [3.05, 3.63) is 90.5 Å². The molecule has 0 radical (unpaired) electrons. The lowest BCUT2D eigenvalue weighted by Crippen LogP contribution is -2.33. The minimum absolute atomic E-state index is 0.0779. The Morgan fingerprint density at radius 1 is 0.808 bits per heavy atom. The van der Waals surface area contributed by atoms with Crippen molar-refractivity contribution >= 4 is 5.91 Å². The summed E-state index contributed by atoms with van der Waals surface area (Å²) in [7, 11) is 0. The minimum atomic E-state index is -0.639. The van der Waals surface area contributed by atoms with Crippen LogP contribution in [0.2, 0.25) is 0 Å². The predicted molar refractivity (Wildman–Crippen MR) is 103 cm³/mol. The monoisotopic (exact) mass is 343 g/mol. The third-order valence-electron chi connectivity index (χ3n) is 4.48. The van der Waals surface area contributed by atoms with E-state index in [9.17, 15) is 4.79 Å². The van der Waals surface area contributed by atoms with E-state index < -0.39 is 6.10 Å². The number of nitrogens with one attached hydrogen (secondary N) is 1. The molecule has 3 aromatic carbocycles. The highest BCUT2D eigenvalue weighted by Crippen LogP contribution is 2.27. The largest absolute Gasteiger partial charge is 0.476 e. The molecule has 1 aliphatic carbocycles. The fourth-order valence-electron chi connectivity index (χ4n) is 2.90. The minimum Gasteiger partial charge on any atom is -0.476 e. The molecule has 0 aromatic heterocycles. The second-order valence-corrected chi connectivity index (χ2v) is 6.58. The third-order valence-corrected chi connectivity index (χ3v) is 4.48. The lowest BCUT2D eigenvalue weighted by molar-refractivity contribution is -0.128. The standard InChI is InChI=1S/C23H21NO2/c25-23(24-20-13-14-20)22(19-9-5-2-6-10-19)26-21-15-11-18(12-16-21)17-7-3-1-4-8-17/h1-12,15-16,20,22H,13-14H2,(H,24,25)/t22-/m1/s1. The zero-order chi connectivity index (χ0) is 17.8. The summed E-state index contributed by atoms with van der Waals surface area (Å²) in [5, 5.41) is 3.05. The number of hydrogen-bond acceptors (Lipinski definition) is 2. The van der Waals surface area contributed by atoms with E-state index in [4.69, 9.17) is 4.74 Å². The summed E-state index contributed by atoms with van der Waals surface area (Å²) in [6.45, 7) is 0. The molecular weight excluding hydrogens is 322 g/mol. The molecule has 0 bridgehead atoms. The van der Waals surface area contributed by atoms with Crippen LogP contribution in [0.4, 0.5) is 0 Å². The van der Waals surface area contributed by atoms with Crippen molar-refractivity contribution in [2.75, 3.05) is 0 Å². The normalized spacial score (nSPS) is 14.5. The smallest absolute Gasteiger partial charge is 0.266 e. The van der Waals surface area contributed by atoms with Gasteiger partial charge < -0.3 is 10.1 Å². The lowest BCUT2D eigenvalue weighted by Gasteiger charge is -2.19. The van der Waals surface area contributed by atoms with Crippen LogP contribution in [0.25, 0.3) is 11.1 Å². The van der Waals surface area contributed by atoms with Gasteiger partial charge in [0.15, 0.2) is 0 Å². The van der Waals surface area contributed by atoms with E-state index in [0.717, 1.165) is 29.5 Å². The van der Waals surface area contributed by atoms with Crippen molar-refractivity contribution in [3.63, 3.8) is 0 Å². The SMILES string of the molecule is O=C(NC1CC1)[C@H](Oc1ccc(-c2ccccc2)cc1)c1ccccc1. The second-order valence-electron chi connectivity index (χ2n) is 6.58. The van der Waals surface area contributed by atoms with Crippen LogP contribution in [0.3, 0.4) is 0 Å². The number of hydrogen-bond donors (Lipinski definition) is 1. The fourth-order valence-corrected chi connectivity index (χ4v) is 2.90. The van der Waals surface area contributed by atoms with Gasteiger partial charge in [-0.3, -0.25) is 4.79 Å².